The van der Waals surface area contributed by atoms with E-state index in [-0.39, 0.29) is 16.9 Å². The molecule has 8 heteroatoms. The minimum atomic E-state index is -3.89. The van der Waals surface area contributed by atoms with Crippen molar-refractivity contribution in [1.82, 2.24) is 14.8 Å². The summed E-state index contributed by atoms with van der Waals surface area (Å²) in [6.07, 6.45) is 2.07. The molecule has 1 aliphatic heterocycles. The van der Waals surface area contributed by atoms with Gasteiger partial charge >= 0.3 is 0 Å². The van der Waals surface area contributed by atoms with Crippen LogP contribution in [0.3, 0.4) is 0 Å². The largest absolute Gasteiger partial charge is 0.324 e. The number of hydrogen-bond donors (Lipinski definition) is 2. The Hall–Kier alpha value is -4.43. The third-order valence-corrected chi connectivity index (χ3v) is 7.55. The molecule has 6 rings (SSSR count). The maximum atomic E-state index is 13.2. The van der Waals surface area contributed by atoms with E-state index < -0.39 is 10.0 Å². The first-order valence-corrected chi connectivity index (χ1v) is 13.0. The molecule has 1 aliphatic rings. The first kappa shape index (κ1) is 22.1. The number of aromatic nitrogens is 3. The fourth-order valence-corrected chi connectivity index (χ4v) is 5.31. The maximum Gasteiger partial charge on any atom is 0.264 e. The summed E-state index contributed by atoms with van der Waals surface area (Å²) in [5, 5.41) is 9.66. The Labute approximate surface area is 209 Å². The molecule has 0 bridgehead atoms. The number of aryl methyl sites for hydroxylation is 1. The molecule has 0 spiro atoms. The highest BCUT2D eigenvalue weighted by Crippen LogP contribution is 2.33. The molecule has 2 heterocycles. The minimum Gasteiger partial charge on any atom is -0.324 e. The molecule has 1 aromatic heterocycles. The van der Waals surface area contributed by atoms with Crippen LogP contribution in [0.5, 0.6) is 0 Å². The van der Waals surface area contributed by atoms with Crippen molar-refractivity contribution >= 4 is 38.4 Å². The molecule has 2 N–H and O–H groups in total. The van der Waals surface area contributed by atoms with Crippen molar-refractivity contribution in [3.63, 3.8) is 0 Å². The topological polar surface area (TPSA) is 88.9 Å². The summed E-state index contributed by atoms with van der Waals surface area (Å²) in [6.45, 7) is 2.04. The molecule has 178 valence electrons. The van der Waals surface area contributed by atoms with Gasteiger partial charge in [-0.25, -0.2) is 17.8 Å². The fraction of sp³-hybridized carbons (Fsp3) is 0.0714. The Balaban J connectivity index is 1.37. The van der Waals surface area contributed by atoms with Gasteiger partial charge in [0.15, 0.2) is 0 Å². The summed E-state index contributed by atoms with van der Waals surface area (Å²) >= 11 is 0. The number of benzene rings is 4. The van der Waals surface area contributed by atoms with Crippen molar-refractivity contribution in [3.05, 3.63) is 120 Å². The number of allylic oxidation sites excluding steroid dienone is 1. The Bertz CT molecular complexity index is 1710. The first-order valence-electron chi connectivity index (χ1n) is 11.6. The lowest BCUT2D eigenvalue weighted by atomic mass is 10.0. The third kappa shape index (κ3) is 4.12. The first-order chi connectivity index (χ1) is 17.5. The van der Waals surface area contributed by atoms with Crippen molar-refractivity contribution in [1.29, 1.82) is 0 Å². The minimum absolute atomic E-state index is 0.00508. The van der Waals surface area contributed by atoms with Crippen LogP contribution in [0, 0.1) is 6.92 Å². The van der Waals surface area contributed by atoms with Gasteiger partial charge in [-0.05, 0) is 47.0 Å². The summed E-state index contributed by atoms with van der Waals surface area (Å²) in [5.74, 6) is 0.462. The molecule has 1 atom stereocenters. The van der Waals surface area contributed by atoms with E-state index in [4.69, 9.17) is 0 Å². The smallest absolute Gasteiger partial charge is 0.264 e. The quantitative estimate of drug-likeness (QED) is 0.333. The van der Waals surface area contributed by atoms with E-state index in [0.717, 1.165) is 33.2 Å². The van der Waals surface area contributed by atoms with E-state index in [0.29, 0.717) is 5.95 Å². The number of nitrogens with one attached hydrogen (secondary N) is 2. The molecule has 0 unspecified atom stereocenters. The van der Waals surface area contributed by atoms with E-state index in [2.05, 4.69) is 38.3 Å². The van der Waals surface area contributed by atoms with Crippen molar-refractivity contribution in [2.45, 2.75) is 17.9 Å². The van der Waals surface area contributed by atoms with Gasteiger partial charge in [-0.15, -0.1) is 5.10 Å². The summed E-state index contributed by atoms with van der Waals surface area (Å²) in [4.78, 5) is 4.66. The molecule has 0 saturated carbocycles. The molecule has 7 nitrogen and oxygen atoms in total. The highest BCUT2D eigenvalue weighted by atomic mass is 32.2. The zero-order valence-electron chi connectivity index (χ0n) is 19.5. The summed E-state index contributed by atoms with van der Waals surface area (Å²) in [7, 11) is -3.89. The van der Waals surface area contributed by atoms with Crippen LogP contribution in [0.1, 0.15) is 22.7 Å². The van der Waals surface area contributed by atoms with Gasteiger partial charge in [-0.2, -0.15) is 4.98 Å². The van der Waals surface area contributed by atoms with E-state index in [9.17, 15) is 8.42 Å². The second kappa shape index (κ2) is 8.66. The molecular formula is C28H23N5O2S. The Kier molecular flexibility index (Phi) is 5.30. The van der Waals surface area contributed by atoms with Gasteiger partial charge in [0.05, 0.1) is 4.90 Å². The molecule has 36 heavy (non-hydrogen) atoms. The normalized spacial score (nSPS) is 15.1. The second-order valence-electron chi connectivity index (χ2n) is 8.74. The van der Waals surface area contributed by atoms with E-state index in [1.807, 2.05) is 73.7 Å². The molecule has 0 fully saturated rings. The van der Waals surface area contributed by atoms with Crippen LogP contribution in [0.2, 0.25) is 0 Å². The third-order valence-electron chi connectivity index (χ3n) is 6.23. The molecule has 0 saturated heterocycles. The Morgan fingerprint density at radius 2 is 1.58 bits per heavy atom. The van der Waals surface area contributed by atoms with Crippen LogP contribution in [0.15, 0.2) is 108 Å². The SMILES string of the molecule is Cc1ccc([C@@H]2C=C(c3ccccc3)Nc3nc(NS(=O)(=O)c4ccc5ccccc5c4)nn32)cc1. The van der Waals surface area contributed by atoms with Gasteiger partial charge in [0.2, 0.25) is 5.95 Å². The van der Waals surface area contributed by atoms with Gasteiger partial charge in [-0.3, -0.25) is 0 Å². The average molecular weight is 494 g/mol. The van der Waals surface area contributed by atoms with Gasteiger partial charge in [-0.1, -0.05) is 90.5 Å². The standard InChI is InChI=1S/C28H23N5O2S/c1-19-11-13-22(14-12-19)26-18-25(21-8-3-2-4-9-21)29-28-30-27(31-33(26)28)32-36(34,35)24-16-15-20-7-5-6-10-23(20)17-24/h2-18,26H,1H3,(H2,29,30,31,32)/t26-/m0/s1. The summed E-state index contributed by atoms with van der Waals surface area (Å²) in [6, 6.07) is 30.5. The molecular weight excluding hydrogens is 470 g/mol. The number of sulfonamides is 1. The van der Waals surface area contributed by atoms with Crippen molar-refractivity contribution < 1.29 is 8.42 Å². The number of rotatable bonds is 5. The predicted molar refractivity (Wildman–Crippen MR) is 142 cm³/mol. The fourth-order valence-electron chi connectivity index (χ4n) is 4.34. The Morgan fingerprint density at radius 3 is 2.36 bits per heavy atom. The molecule has 4 aromatic carbocycles. The molecule has 5 aromatic rings. The monoisotopic (exact) mass is 493 g/mol. The zero-order chi connectivity index (χ0) is 24.7. The number of anilines is 2. The van der Waals surface area contributed by atoms with Crippen LogP contribution in [-0.2, 0) is 10.0 Å². The zero-order valence-corrected chi connectivity index (χ0v) is 20.3. The highest BCUT2D eigenvalue weighted by molar-refractivity contribution is 7.92. The lowest BCUT2D eigenvalue weighted by Crippen LogP contribution is -2.20. The summed E-state index contributed by atoms with van der Waals surface area (Å²) < 4.78 is 30.7. The summed E-state index contributed by atoms with van der Waals surface area (Å²) in [5.41, 5.74) is 4.06. The van der Waals surface area contributed by atoms with E-state index >= 15 is 0 Å². The Morgan fingerprint density at radius 1 is 0.861 bits per heavy atom. The van der Waals surface area contributed by atoms with Crippen LogP contribution in [0.4, 0.5) is 11.9 Å². The molecule has 0 amide bonds. The van der Waals surface area contributed by atoms with Crippen molar-refractivity contribution in [2.24, 2.45) is 0 Å². The van der Waals surface area contributed by atoms with Gasteiger partial charge in [0, 0.05) is 5.70 Å². The molecule has 0 aliphatic carbocycles. The van der Waals surface area contributed by atoms with Crippen molar-refractivity contribution in [2.75, 3.05) is 10.0 Å². The lowest BCUT2D eigenvalue weighted by Gasteiger charge is -2.24. The van der Waals surface area contributed by atoms with Crippen LogP contribution >= 0.6 is 0 Å². The number of hydrogen-bond acceptors (Lipinski definition) is 5. The van der Waals surface area contributed by atoms with Crippen LogP contribution in [-0.4, -0.2) is 23.2 Å². The second-order valence-corrected chi connectivity index (χ2v) is 10.4. The van der Waals surface area contributed by atoms with Gasteiger partial charge < -0.3 is 5.32 Å². The van der Waals surface area contributed by atoms with Crippen LogP contribution < -0.4 is 10.0 Å². The van der Waals surface area contributed by atoms with Crippen molar-refractivity contribution in [3.8, 4) is 0 Å². The van der Waals surface area contributed by atoms with E-state index in [1.165, 1.54) is 0 Å². The number of nitrogens with zero attached hydrogens (tertiary/aromatic N) is 3. The lowest BCUT2D eigenvalue weighted by molar-refractivity contribution is 0.599. The van der Waals surface area contributed by atoms with Gasteiger partial charge in [0.25, 0.3) is 16.0 Å². The average Bonchev–Trinajstić information content (AvgIpc) is 3.30. The van der Waals surface area contributed by atoms with E-state index in [1.54, 1.807) is 22.9 Å². The maximum absolute atomic E-state index is 13.2. The number of fused-ring (bicyclic) bond motifs is 2. The predicted octanol–water partition coefficient (Wildman–Crippen LogP) is 5.60. The highest BCUT2D eigenvalue weighted by Gasteiger charge is 2.27. The van der Waals surface area contributed by atoms with Gasteiger partial charge in [0.1, 0.15) is 6.04 Å². The molecule has 0 radical (unpaired) electrons. The van der Waals surface area contributed by atoms with Crippen LogP contribution in [0.25, 0.3) is 16.5 Å².